The van der Waals surface area contributed by atoms with Gasteiger partial charge < -0.3 is 4.90 Å². The van der Waals surface area contributed by atoms with Gasteiger partial charge in [-0.3, -0.25) is 10.1 Å². The lowest BCUT2D eigenvalue weighted by molar-refractivity contribution is -0.384. The fourth-order valence-electron chi connectivity index (χ4n) is 5.63. The Labute approximate surface area is 253 Å². The number of nitro groups is 1. The third-order valence-electron chi connectivity index (χ3n) is 7.55. The number of hydrogen-bond acceptors (Lipinski definition) is 5. The third-order valence-corrected chi connectivity index (χ3v) is 10.3. The first kappa shape index (κ1) is 26.4. The van der Waals surface area contributed by atoms with Crippen LogP contribution >= 0.6 is 23.5 Å². The van der Waals surface area contributed by atoms with Crippen molar-refractivity contribution < 1.29 is 4.92 Å². The van der Waals surface area contributed by atoms with Crippen LogP contribution in [0.2, 0.25) is 0 Å². The fourth-order valence-corrected chi connectivity index (χ4v) is 9.02. The molecule has 204 valence electrons. The Balaban J connectivity index is 1.51. The molecule has 0 amide bonds. The Kier molecular flexibility index (Phi) is 7.16. The maximum atomic E-state index is 11.5. The van der Waals surface area contributed by atoms with Crippen molar-refractivity contribution in [3.63, 3.8) is 0 Å². The lowest BCUT2D eigenvalue weighted by Gasteiger charge is -2.50. The highest BCUT2D eigenvalue weighted by Gasteiger charge is 2.45. The van der Waals surface area contributed by atoms with Crippen LogP contribution < -0.4 is 4.90 Å². The first-order valence-electron chi connectivity index (χ1n) is 13.7. The Morgan fingerprint density at radius 3 is 1.21 bits per heavy atom. The minimum absolute atomic E-state index is 0.0713. The predicted octanol–water partition coefficient (Wildman–Crippen LogP) is 9.68. The molecule has 2 aliphatic rings. The summed E-state index contributed by atoms with van der Waals surface area (Å²) in [4.78, 5) is 16.1. The second kappa shape index (κ2) is 11.4. The molecule has 0 aliphatic carbocycles. The molecule has 0 radical (unpaired) electrons. The minimum atomic E-state index is -0.337. The minimum Gasteiger partial charge on any atom is -0.338 e. The molecule has 2 bridgehead atoms. The quantitative estimate of drug-likeness (QED) is 0.147. The van der Waals surface area contributed by atoms with E-state index in [1.807, 2.05) is 35.7 Å². The molecule has 0 saturated carbocycles. The van der Waals surface area contributed by atoms with E-state index in [1.165, 1.54) is 43.2 Å². The smallest absolute Gasteiger partial charge is 0.269 e. The molecule has 2 heterocycles. The molecule has 2 atom stereocenters. The van der Waals surface area contributed by atoms with Crippen LogP contribution in [0.4, 0.5) is 11.4 Å². The van der Waals surface area contributed by atoms with Gasteiger partial charge in [-0.2, -0.15) is 0 Å². The molecule has 5 aromatic carbocycles. The van der Waals surface area contributed by atoms with E-state index in [1.54, 1.807) is 12.1 Å². The summed E-state index contributed by atoms with van der Waals surface area (Å²) in [7, 11) is 0. The number of thioether (sulfide) groups is 2. The van der Waals surface area contributed by atoms with E-state index in [0.717, 1.165) is 5.69 Å². The Morgan fingerprint density at radius 1 is 0.500 bits per heavy atom. The number of nitro benzene ring substituents is 1. The van der Waals surface area contributed by atoms with Crippen LogP contribution in [-0.4, -0.2) is 15.7 Å². The maximum absolute atomic E-state index is 11.5. The summed E-state index contributed by atoms with van der Waals surface area (Å²) in [6.45, 7) is 0. The number of anilines is 1. The molecule has 5 aromatic rings. The first-order chi connectivity index (χ1) is 20.7. The number of benzene rings is 5. The van der Waals surface area contributed by atoms with E-state index in [-0.39, 0.29) is 21.4 Å². The summed E-state index contributed by atoms with van der Waals surface area (Å²) in [5.41, 5.74) is 8.25. The van der Waals surface area contributed by atoms with Gasteiger partial charge in [0.15, 0.2) is 0 Å². The monoisotopic (exact) mass is 582 g/mol. The topological polar surface area (TPSA) is 46.4 Å². The molecular weight excluding hydrogens is 557 g/mol. The second-order valence-electron chi connectivity index (χ2n) is 10.1. The summed E-state index contributed by atoms with van der Waals surface area (Å²) >= 11 is 3.72. The van der Waals surface area contributed by atoms with Crippen molar-refractivity contribution in [2.45, 2.75) is 10.7 Å². The van der Waals surface area contributed by atoms with Crippen molar-refractivity contribution in [1.82, 2.24) is 0 Å². The van der Waals surface area contributed by atoms with Crippen molar-refractivity contribution in [2.75, 3.05) is 4.90 Å². The summed E-state index contributed by atoms with van der Waals surface area (Å²) in [6, 6.07) is 49.5. The zero-order valence-corrected chi connectivity index (χ0v) is 24.2. The van der Waals surface area contributed by atoms with Crippen molar-refractivity contribution in [3.8, 4) is 0 Å². The second-order valence-corrected chi connectivity index (χ2v) is 12.3. The van der Waals surface area contributed by atoms with Crippen molar-refractivity contribution >= 4 is 55.9 Å². The van der Waals surface area contributed by atoms with E-state index in [0.29, 0.717) is 0 Å². The van der Waals surface area contributed by atoms with Gasteiger partial charge in [0.05, 0.1) is 4.92 Å². The average Bonchev–Trinajstić information content (AvgIpc) is 3.05. The van der Waals surface area contributed by atoms with Crippen LogP contribution in [0, 0.1) is 10.1 Å². The summed E-state index contributed by atoms with van der Waals surface area (Å²) in [6.07, 6.45) is 0. The highest BCUT2D eigenvalue weighted by atomic mass is 32.2. The lowest BCUT2D eigenvalue weighted by Crippen LogP contribution is -2.47. The van der Waals surface area contributed by atoms with E-state index < -0.39 is 0 Å². The Bertz CT molecular complexity index is 1680. The summed E-state index contributed by atoms with van der Waals surface area (Å²) in [5, 5.41) is 11.4. The highest BCUT2D eigenvalue weighted by molar-refractivity contribution is 8.12. The molecule has 6 heteroatoms. The highest BCUT2D eigenvalue weighted by Crippen LogP contribution is 2.61. The first-order valence-corrected chi connectivity index (χ1v) is 15.5. The van der Waals surface area contributed by atoms with E-state index in [2.05, 4.69) is 126 Å². The normalized spacial score (nSPS) is 18.2. The van der Waals surface area contributed by atoms with Crippen LogP contribution in [0.5, 0.6) is 0 Å². The van der Waals surface area contributed by atoms with Crippen LogP contribution in [0.1, 0.15) is 22.3 Å². The van der Waals surface area contributed by atoms with Crippen LogP contribution in [0.25, 0.3) is 21.0 Å². The molecule has 0 N–H and O–H groups in total. The van der Waals surface area contributed by atoms with Crippen LogP contribution in [0.3, 0.4) is 0 Å². The predicted molar refractivity (Wildman–Crippen MR) is 178 cm³/mol. The molecule has 42 heavy (non-hydrogen) atoms. The van der Waals surface area contributed by atoms with Crippen LogP contribution in [0.15, 0.2) is 146 Å². The molecule has 0 spiro atoms. The van der Waals surface area contributed by atoms with Crippen molar-refractivity contribution in [1.29, 1.82) is 0 Å². The van der Waals surface area contributed by atoms with Crippen LogP contribution in [-0.2, 0) is 0 Å². The average molecular weight is 583 g/mol. The van der Waals surface area contributed by atoms with Gasteiger partial charge in [0.2, 0.25) is 0 Å². The van der Waals surface area contributed by atoms with Gasteiger partial charge in [-0.25, -0.2) is 0 Å². The molecule has 0 saturated heterocycles. The SMILES string of the molecule is O=[N+]([O-])c1ccc(N2C3SC(c4ccccc4)=C(c4ccccc4)C2SC(c2ccccc2)=C3c2ccccc2)cc1. The van der Waals surface area contributed by atoms with Crippen molar-refractivity contribution in [2.24, 2.45) is 0 Å². The van der Waals surface area contributed by atoms with E-state index in [4.69, 9.17) is 0 Å². The lowest BCUT2D eigenvalue weighted by atomic mass is 9.97. The van der Waals surface area contributed by atoms with E-state index in [9.17, 15) is 10.1 Å². The molecule has 4 nitrogen and oxygen atoms in total. The van der Waals surface area contributed by atoms with Gasteiger partial charge in [0.25, 0.3) is 5.69 Å². The Morgan fingerprint density at radius 2 is 0.857 bits per heavy atom. The van der Waals surface area contributed by atoms with Gasteiger partial charge in [0, 0.05) is 38.8 Å². The number of rotatable bonds is 6. The number of fused-ring (bicyclic) bond motifs is 2. The zero-order valence-electron chi connectivity index (χ0n) is 22.5. The molecular formula is C36H26N2O2S2. The van der Waals surface area contributed by atoms with Gasteiger partial charge >= 0.3 is 0 Å². The third kappa shape index (κ3) is 4.83. The van der Waals surface area contributed by atoms with E-state index >= 15 is 0 Å². The van der Waals surface area contributed by atoms with Crippen molar-refractivity contribution in [3.05, 3.63) is 178 Å². The van der Waals surface area contributed by atoms with Gasteiger partial charge in [-0.1, -0.05) is 145 Å². The maximum Gasteiger partial charge on any atom is 0.269 e. The summed E-state index contributed by atoms with van der Waals surface area (Å²) in [5.74, 6) is 0. The standard InChI is InChI=1S/C36H26N2O2S2/c39-38(40)30-23-21-29(22-24-30)37-35-31(25-13-5-1-6-14-25)33(27-17-9-3-10-18-27)41-36(37)32(26-15-7-2-8-16-26)34(42-35)28-19-11-4-12-20-28/h1-24,35-36H. The number of nitrogens with zero attached hydrogens (tertiary/aromatic N) is 2. The molecule has 0 aromatic heterocycles. The molecule has 0 fully saturated rings. The number of non-ortho nitro benzene ring substituents is 1. The molecule has 2 aliphatic heterocycles. The summed E-state index contributed by atoms with van der Waals surface area (Å²) < 4.78 is 0. The van der Waals surface area contributed by atoms with Gasteiger partial charge in [-0.15, -0.1) is 0 Å². The zero-order chi connectivity index (χ0) is 28.5. The van der Waals surface area contributed by atoms with Gasteiger partial charge in [-0.05, 0) is 34.4 Å². The molecule has 2 unspecified atom stereocenters. The van der Waals surface area contributed by atoms with Gasteiger partial charge in [0.1, 0.15) is 10.7 Å². The largest absolute Gasteiger partial charge is 0.338 e. The fraction of sp³-hybridized carbons (Fsp3) is 0.0556. The number of hydrogen-bond donors (Lipinski definition) is 0. The molecule has 7 rings (SSSR count). The Hall–Kier alpha value is -4.52.